The van der Waals surface area contributed by atoms with Gasteiger partial charge in [-0.25, -0.2) is 9.37 Å². The number of aromatic nitrogens is 2. The molecule has 3 aromatic rings. The van der Waals surface area contributed by atoms with Gasteiger partial charge < -0.3 is 10.6 Å². The molecule has 1 heterocycles. The van der Waals surface area contributed by atoms with Gasteiger partial charge in [-0.2, -0.15) is 4.98 Å². The average Bonchev–Trinajstić information content (AvgIpc) is 2.68. The number of rotatable bonds is 5. The third-order valence-corrected chi connectivity index (χ3v) is 3.98. The third-order valence-electron chi connectivity index (χ3n) is 3.40. The monoisotopic (exact) mass is 430 g/mol. The molecule has 0 saturated carbocycles. The quantitative estimate of drug-likeness (QED) is 0.479. The number of benzene rings is 2. The molecule has 5 nitrogen and oxygen atoms in total. The lowest BCUT2D eigenvalue weighted by atomic mass is 10.1. The van der Waals surface area contributed by atoms with E-state index < -0.39 is 0 Å². The van der Waals surface area contributed by atoms with Crippen LogP contribution in [0.25, 0.3) is 0 Å². The van der Waals surface area contributed by atoms with Gasteiger partial charge >= 0.3 is 0 Å². The first-order valence-electron chi connectivity index (χ1n) is 8.44. The number of anilines is 4. The van der Waals surface area contributed by atoms with Crippen molar-refractivity contribution >= 4 is 44.9 Å². The van der Waals surface area contributed by atoms with Crippen LogP contribution in [0.3, 0.4) is 0 Å². The summed E-state index contributed by atoms with van der Waals surface area (Å²) in [6, 6.07) is 13.0. The fourth-order valence-electron chi connectivity index (χ4n) is 2.10. The van der Waals surface area contributed by atoms with Crippen LogP contribution in [0.4, 0.5) is 27.5 Å². The summed E-state index contributed by atoms with van der Waals surface area (Å²) in [4.78, 5) is 19.9. The molecule has 0 aliphatic heterocycles. The van der Waals surface area contributed by atoms with Gasteiger partial charge in [-0.05, 0) is 71.4 Å². The van der Waals surface area contributed by atoms with Crippen LogP contribution in [0.5, 0.6) is 0 Å². The van der Waals surface area contributed by atoms with E-state index in [2.05, 4.69) is 36.5 Å². The van der Waals surface area contributed by atoms with Crippen molar-refractivity contribution in [3.05, 3.63) is 70.6 Å². The molecule has 0 spiro atoms. The van der Waals surface area contributed by atoms with Crippen molar-refractivity contribution in [1.82, 2.24) is 9.97 Å². The van der Waals surface area contributed by atoms with Crippen molar-refractivity contribution in [2.75, 3.05) is 10.6 Å². The second kappa shape index (κ2) is 9.78. The number of hydrogen-bond acceptors (Lipinski definition) is 5. The van der Waals surface area contributed by atoms with Crippen molar-refractivity contribution in [2.24, 2.45) is 0 Å². The summed E-state index contributed by atoms with van der Waals surface area (Å²) in [5.41, 5.74) is 2.11. The molecule has 0 atom stereocenters. The maximum atomic E-state index is 13.0. The molecule has 27 heavy (non-hydrogen) atoms. The molecular weight excluding hydrogens is 411 g/mol. The van der Waals surface area contributed by atoms with Crippen molar-refractivity contribution in [3.63, 3.8) is 0 Å². The lowest BCUT2D eigenvalue weighted by Gasteiger charge is -2.10. The molecule has 3 rings (SSSR count). The Morgan fingerprint density at radius 3 is 2.11 bits per heavy atom. The van der Waals surface area contributed by atoms with E-state index in [0.29, 0.717) is 27.5 Å². The maximum absolute atomic E-state index is 13.0. The molecule has 0 unspecified atom stereocenters. The van der Waals surface area contributed by atoms with Gasteiger partial charge in [0.15, 0.2) is 5.78 Å². The Kier molecular flexibility index (Phi) is 7.43. The summed E-state index contributed by atoms with van der Waals surface area (Å²) in [5, 5.41) is 6.18. The number of nitrogens with one attached hydrogen (secondary N) is 2. The third kappa shape index (κ3) is 5.86. The van der Waals surface area contributed by atoms with Gasteiger partial charge in [-0.3, -0.25) is 4.79 Å². The van der Waals surface area contributed by atoms with Crippen LogP contribution in [-0.4, -0.2) is 15.8 Å². The van der Waals surface area contributed by atoms with Crippen molar-refractivity contribution < 1.29 is 9.18 Å². The second-order valence-electron chi connectivity index (χ2n) is 5.28. The zero-order chi connectivity index (χ0) is 19.8. The summed E-state index contributed by atoms with van der Waals surface area (Å²) in [5.74, 6) is 0.647. The molecule has 0 aliphatic carbocycles. The lowest BCUT2D eigenvalue weighted by Crippen LogP contribution is -2.02. The molecule has 0 fully saturated rings. The molecule has 0 radical (unpaired) electrons. The first kappa shape index (κ1) is 20.5. The Labute approximate surface area is 166 Å². The number of hydrogen-bond donors (Lipinski definition) is 2. The van der Waals surface area contributed by atoms with Gasteiger partial charge in [0.25, 0.3) is 0 Å². The summed E-state index contributed by atoms with van der Waals surface area (Å²) < 4.78 is 13.7. The Bertz CT molecular complexity index is 899. The zero-order valence-electron chi connectivity index (χ0n) is 15.3. The highest BCUT2D eigenvalue weighted by molar-refractivity contribution is 9.10. The highest BCUT2D eigenvalue weighted by Gasteiger charge is 2.07. The van der Waals surface area contributed by atoms with E-state index in [4.69, 9.17) is 0 Å². The van der Waals surface area contributed by atoms with Crippen molar-refractivity contribution in [2.45, 2.75) is 20.8 Å². The zero-order valence-corrected chi connectivity index (χ0v) is 16.8. The van der Waals surface area contributed by atoms with Crippen LogP contribution in [0.2, 0.25) is 0 Å². The van der Waals surface area contributed by atoms with Gasteiger partial charge in [-0.1, -0.05) is 13.8 Å². The van der Waals surface area contributed by atoms with Gasteiger partial charge in [-0.15, -0.1) is 0 Å². The van der Waals surface area contributed by atoms with E-state index in [1.54, 1.807) is 42.6 Å². The Balaban J connectivity index is 0.00000126. The Hall–Kier alpha value is -2.80. The standard InChI is InChI=1S/C18H14BrFN4O.C2H6/c1-11(25)12-2-6-15(7-3-12)23-18-21-10-16(19)17(24-18)22-14-8-4-13(20)5-9-14;1-2/h2-10H,1H3,(H2,21,22,23,24);1-2H3. The van der Waals surface area contributed by atoms with Gasteiger partial charge in [0.1, 0.15) is 11.6 Å². The van der Waals surface area contributed by atoms with Crippen molar-refractivity contribution in [1.29, 1.82) is 0 Å². The largest absolute Gasteiger partial charge is 0.339 e. The number of ketones is 1. The summed E-state index contributed by atoms with van der Waals surface area (Å²) in [6.45, 7) is 5.52. The van der Waals surface area contributed by atoms with Gasteiger partial charge in [0, 0.05) is 23.1 Å². The molecule has 0 bridgehead atoms. The minimum atomic E-state index is -0.302. The van der Waals surface area contributed by atoms with Crippen molar-refractivity contribution in [3.8, 4) is 0 Å². The minimum absolute atomic E-state index is 0.0113. The summed E-state index contributed by atoms with van der Waals surface area (Å²) in [6.07, 6.45) is 1.62. The van der Waals surface area contributed by atoms with E-state index in [-0.39, 0.29) is 11.6 Å². The van der Waals surface area contributed by atoms with Crippen LogP contribution in [0.15, 0.2) is 59.2 Å². The summed E-state index contributed by atoms with van der Waals surface area (Å²) in [7, 11) is 0. The number of halogens is 2. The SMILES string of the molecule is CC.CC(=O)c1ccc(Nc2ncc(Br)c(Nc3ccc(F)cc3)n2)cc1. The number of carbonyl (C=O) groups excluding carboxylic acids is 1. The lowest BCUT2D eigenvalue weighted by molar-refractivity contribution is 0.101. The van der Waals surface area contributed by atoms with Crippen LogP contribution in [-0.2, 0) is 0 Å². The molecule has 0 aliphatic rings. The van der Waals surface area contributed by atoms with Crippen LogP contribution < -0.4 is 10.6 Å². The van der Waals surface area contributed by atoms with Gasteiger partial charge in [0.2, 0.25) is 5.95 Å². The minimum Gasteiger partial charge on any atom is -0.339 e. The summed E-state index contributed by atoms with van der Waals surface area (Å²) >= 11 is 3.39. The first-order valence-corrected chi connectivity index (χ1v) is 9.24. The van der Waals surface area contributed by atoms with Crippen LogP contribution >= 0.6 is 15.9 Å². The van der Waals surface area contributed by atoms with E-state index >= 15 is 0 Å². The molecule has 2 N–H and O–H groups in total. The number of Topliss-reactive ketones (excluding diaryl/α,β-unsaturated/α-hetero) is 1. The van der Waals surface area contributed by atoms with E-state index in [0.717, 1.165) is 5.69 Å². The highest BCUT2D eigenvalue weighted by Crippen LogP contribution is 2.25. The molecular formula is C20H20BrFN4O. The van der Waals surface area contributed by atoms with E-state index in [1.165, 1.54) is 19.1 Å². The fraction of sp³-hybridized carbons (Fsp3) is 0.150. The Morgan fingerprint density at radius 1 is 0.963 bits per heavy atom. The fourth-order valence-corrected chi connectivity index (χ4v) is 2.39. The Morgan fingerprint density at radius 2 is 1.52 bits per heavy atom. The molecule has 1 aromatic heterocycles. The number of nitrogens with zero attached hydrogens (tertiary/aromatic N) is 2. The first-order chi connectivity index (χ1) is 13.0. The highest BCUT2D eigenvalue weighted by atomic mass is 79.9. The van der Waals surface area contributed by atoms with Gasteiger partial charge in [0.05, 0.1) is 4.47 Å². The maximum Gasteiger partial charge on any atom is 0.229 e. The second-order valence-corrected chi connectivity index (χ2v) is 6.13. The van der Waals surface area contributed by atoms with Crippen LogP contribution in [0, 0.1) is 5.82 Å². The van der Waals surface area contributed by atoms with E-state index in [1.807, 2.05) is 13.8 Å². The molecule has 2 aromatic carbocycles. The van der Waals surface area contributed by atoms with E-state index in [9.17, 15) is 9.18 Å². The molecule has 7 heteroatoms. The normalized spacial score (nSPS) is 9.81. The van der Waals surface area contributed by atoms with Crippen LogP contribution in [0.1, 0.15) is 31.1 Å². The average molecular weight is 431 g/mol. The molecule has 140 valence electrons. The molecule has 0 saturated heterocycles. The topological polar surface area (TPSA) is 66.9 Å². The molecule has 0 amide bonds. The number of carbonyl (C=O) groups is 1. The predicted octanol–water partition coefficient (Wildman–Crippen LogP) is 6.09. The smallest absolute Gasteiger partial charge is 0.229 e. The predicted molar refractivity (Wildman–Crippen MR) is 110 cm³/mol.